The number of hydrogen-bond acceptors (Lipinski definition) is 4. The number of anilines is 1. The number of carbonyl (C=O) groups is 1. The minimum Gasteiger partial charge on any atom is -0.397 e. The number of rotatable bonds is 2. The third kappa shape index (κ3) is 2.67. The van der Waals surface area contributed by atoms with Gasteiger partial charge in [0.15, 0.2) is 0 Å². The zero-order valence-electron chi connectivity index (χ0n) is 11.7. The molecule has 0 spiro atoms. The molecule has 0 aliphatic carbocycles. The van der Waals surface area contributed by atoms with Gasteiger partial charge in [-0.05, 0) is 25.5 Å². The number of fused-ring (bicyclic) bond motifs is 1. The summed E-state index contributed by atoms with van der Waals surface area (Å²) in [5.41, 5.74) is 6.71. The number of nitrogens with zero attached hydrogens (tertiary/aromatic N) is 1. The Balaban J connectivity index is 1.90. The summed E-state index contributed by atoms with van der Waals surface area (Å²) in [6, 6.07) is 5.85. The standard InChI is InChI=1S/C15H17BrN2O2S/c1-8(19)9-4-5-18(7-9)15(20)14-13(17)11-3-2-10(16)6-12(11)21-14/h2-3,6,8-9,19H,4-5,7,17H2,1H3. The van der Waals surface area contributed by atoms with Crippen molar-refractivity contribution in [2.24, 2.45) is 5.92 Å². The van der Waals surface area contributed by atoms with Crippen molar-refractivity contribution in [3.63, 3.8) is 0 Å². The van der Waals surface area contributed by atoms with Gasteiger partial charge >= 0.3 is 0 Å². The van der Waals surface area contributed by atoms with Gasteiger partial charge in [-0.1, -0.05) is 22.0 Å². The molecule has 1 aliphatic rings. The van der Waals surface area contributed by atoms with Crippen molar-refractivity contribution in [2.45, 2.75) is 19.4 Å². The lowest BCUT2D eigenvalue weighted by Crippen LogP contribution is -2.30. The maximum absolute atomic E-state index is 12.7. The van der Waals surface area contributed by atoms with E-state index in [-0.39, 0.29) is 17.9 Å². The lowest BCUT2D eigenvalue weighted by atomic mass is 10.0. The highest BCUT2D eigenvalue weighted by Crippen LogP contribution is 2.36. The van der Waals surface area contributed by atoms with Crippen LogP contribution in [0.25, 0.3) is 10.1 Å². The molecule has 1 fully saturated rings. The molecule has 2 heterocycles. The highest BCUT2D eigenvalue weighted by atomic mass is 79.9. The Bertz CT molecular complexity index is 698. The Kier molecular flexibility index (Phi) is 3.94. The van der Waals surface area contributed by atoms with Gasteiger partial charge in [0.05, 0.1) is 11.8 Å². The Morgan fingerprint density at radius 2 is 2.33 bits per heavy atom. The Hall–Kier alpha value is -1.11. The molecule has 2 aromatic rings. The summed E-state index contributed by atoms with van der Waals surface area (Å²) in [5, 5.41) is 10.6. The molecule has 0 saturated carbocycles. The quantitative estimate of drug-likeness (QED) is 0.855. The van der Waals surface area contributed by atoms with E-state index in [1.54, 1.807) is 11.8 Å². The smallest absolute Gasteiger partial charge is 0.266 e. The predicted octanol–water partition coefficient (Wildman–Crippen LogP) is 3.09. The number of aliphatic hydroxyl groups is 1. The van der Waals surface area contributed by atoms with Gasteiger partial charge in [-0.2, -0.15) is 0 Å². The zero-order valence-corrected chi connectivity index (χ0v) is 14.1. The Labute approximate surface area is 135 Å². The summed E-state index contributed by atoms with van der Waals surface area (Å²) in [6.07, 6.45) is 0.471. The highest BCUT2D eigenvalue weighted by molar-refractivity contribution is 9.10. The van der Waals surface area contributed by atoms with E-state index in [2.05, 4.69) is 15.9 Å². The van der Waals surface area contributed by atoms with E-state index in [9.17, 15) is 9.90 Å². The third-order valence-electron chi connectivity index (χ3n) is 4.08. The van der Waals surface area contributed by atoms with E-state index in [0.29, 0.717) is 23.7 Å². The number of halogens is 1. The minimum atomic E-state index is -0.376. The van der Waals surface area contributed by atoms with Gasteiger partial charge in [-0.25, -0.2) is 0 Å². The summed E-state index contributed by atoms with van der Waals surface area (Å²) in [5.74, 6) is 0.145. The van der Waals surface area contributed by atoms with Crippen molar-refractivity contribution >= 4 is 48.9 Å². The van der Waals surface area contributed by atoms with Crippen molar-refractivity contribution in [2.75, 3.05) is 18.8 Å². The largest absolute Gasteiger partial charge is 0.397 e. The van der Waals surface area contributed by atoms with Crippen LogP contribution in [0.5, 0.6) is 0 Å². The van der Waals surface area contributed by atoms with E-state index in [1.807, 2.05) is 18.2 Å². The molecule has 1 saturated heterocycles. The normalized spacial score (nSPS) is 20.1. The number of carbonyl (C=O) groups excluding carboxylic acids is 1. The molecule has 0 bridgehead atoms. The van der Waals surface area contributed by atoms with Crippen LogP contribution in [0.4, 0.5) is 5.69 Å². The van der Waals surface area contributed by atoms with Crippen molar-refractivity contribution in [3.05, 3.63) is 27.5 Å². The van der Waals surface area contributed by atoms with Crippen molar-refractivity contribution in [3.8, 4) is 0 Å². The molecule has 4 nitrogen and oxygen atoms in total. The Morgan fingerprint density at radius 3 is 3.00 bits per heavy atom. The summed E-state index contributed by atoms with van der Waals surface area (Å²) in [4.78, 5) is 15.1. The maximum atomic E-state index is 12.7. The van der Waals surface area contributed by atoms with Crippen LogP contribution in [0, 0.1) is 5.92 Å². The third-order valence-corrected chi connectivity index (χ3v) is 5.73. The summed E-state index contributed by atoms with van der Waals surface area (Å²) in [7, 11) is 0. The first-order valence-corrected chi connectivity index (χ1v) is 8.53. The van der Waals surface area contributed by atoms with Gasteiger partial charge in [-0.15, -0.1) is 11.3 Å². The van der Waals surface area contributed by atoms with Crippen LogP contribution in [0.1, 0.15) is 23.0 Å². The van der Waals surface area contributed by atoms with Gasteiger partial charge in [0.1, 0.15) is 4.88 Å². The monoisotopic (exact) mass is 368 g/mol. The molecule has 6 heteroatoms. The van der Waals surface area contributed by atoms with E-state index < -0.39 is 0 Å². The fourth-order valence-corrected chi connectivity index (χ4v) is 4.40. The molecular formula is C15H17BrN2O2S. The molecule has 3 N–H and O–H groups in total. The molecular weight excluding hydrogens is 352 g/mol. The van der Waals surface area contributed by atoms with Crippen LogP contribution >= 0.6 is 27.3 Å². The van der Waals surface area contributed by atoms with Gasteiger partial charge in [0.25, 0.3) is 5.91 Å². The molecule has 112 valence electrons. The predicted molar refractivity (Wildman–Crippen MR) is 89.6 cm³/mol. The topological polar surface area (TPSA) is 66.6 Å². The van der Waals surface area contributed by atoms with Crippen LogP contribution < -0.4 is 5.73 Å². The lowest BCUT2D eigenvalue weighted by Gasteiger charge is -2.17. The highest BCUT2D eigenvalue weighted by Gasteiger charge is 2.31. The van der Waals surface area contributed by atoms with Gasteiger partial charge in [0.2, 0.25) is 0 Å². The number of nitrogen functional groups attached to an aromatic ring is 1. The van der Waals surface area contributed by atoms with Gasteiger partial charge < -0.3 is 15.7 Å². The van der Waals surface area contributed by atoms with Crippen LogP contribution in [0.2, 0.25) is 0 Å². The van der Waals surface area contributed by atoms with E-state index in [1.165, 1.54) is 11.3 Å². The average Bonchev–Trinajstić information content (AvgIpc) is 3.03. The van der Waals surface area contributed by atoms with Crippen molar-refractivity contribution in [1.29, 1.82) is 0 Å². The van der Waals surface area contributed by atoms with Crippen molar-refractivity contribution in [1.82, 2.24) is 4.90 Å². The number of benzene rings is 1. The number of likely N-dealkylation sites (tertiary alicyclic amines) is 1. The minimum absolute atomic E-state index is 0.0204. The second-order valence-corrected chi connectivity index (χ2v) is 7.49. The SMILES string of the molecule is CC(O)C1CCN(C(=O)c2sc3cc(Br)ccc3c2N)C1. The van der Waals surface area contributed by atoms with Crippen LogP contribution in [0.3, 0.4) is 0 Å². The first-order valence-electron chi connectivity index (χ1n) is 6.92. The maximum Gasteiger partial charge on any atom is 0.266 e. The average molecular weight is 369 g/mol. The lowest BCUT2D eigenvalue weighted by molar-refractivity contribution is 0.0768. The van der Waals surface area contributed by atoms with Gasteiger partial charge in [-0.3, -0.25) is 4.79 Å². The molecule has 21 heavy (non-hydrogen) atoms. The number of aliphatic hydroxyl groups excluding tert-OH is 1. The number of hydrogen-bond donors (Lipinski definition) is 2. The molecule has 2 atom stereocenters. The van der Waals surface area contributed by atoms with E-state index in [0.717, 1.165) is 21.0 Å². The number of amides is 1. The number of thiophene rings is 1. The fourth-order valence-electron chi connectivity index (χ4n) is 2.76. The second kappa shape index (κ2) is 5.59. The van der Waals surface area contributed by atoms with Crippen LogP contribution in [-0.4, -0.2) is 35.1 Å². The van der Waals surface area contributed by atoms with Gasteiger partial charge in [0, 0.05) is 33.6 Å². The number of nitrogens with two attached hydrogens (primary N) is 1. The summed E-state index contributed by atoms with van der Waals surface area (Å²) < 4.78 is 1.99. The molecule has 2 unspecified atom stereocenters. The Morgan fingerprint density at radius 1 is 1.57 bits per heavy atom. The molecule has 3 rings (SSSR count). The molecule has 1 aromatic carbocycles. The molecule has 1 aliphatic heterocycles. The first kappa shape index (κ1) is 14.8. The second-order valence-electron chi connectivity index (χ2n) is 5.53. The van der Waals surface area contributed by atoms with E-state index in [4.69, 9.17) is 5.73 Å². The zero-order chi connectivity index (χ0) is 15.1. The molecule has 1 amide bonds. The van der Waals surface area contributed by atoms with Crippen LogP contribution in [-0.2, 0) is 0 Å². The molecule has 0 radical (unpaired) electrons. The summed E-state index contributed by atoms with van der Waals surface area (Å²) in [6.45, 7) is 3.07. The van der Waals surface area contributed by atoms with Crippen LogP contribution in [0.15, 0.2) is 22.7 Å². The van der Waals surface area contributed by atoms with E-state index >= 15 is 0 Å². The first-order chi connectivity index (χ1) is 9.97. The fraction of sp³-hybridized carbons (Fsp3) is 0.400. The molecule has 1 aromatic heterocycles. The van der Waals surface area contributed by atoms with Crippen molar-refractivity contribution < 1.29 is 9.90 Å². The summed E-state index contributed by atoms with van der Waals surface area (Å²) >= 11 is 4.87.